The fraction of sp³-hybridized carbons (Fsp3) is 0.333. The van der Waals surface area contributed by atoms with Gasteiger partial charge in [0.15, 0.2) is 0 Å². The van der Waals surface area contributed by atoms with Crippen molar-refractivity contribution in [3.63, 3.8) is 0 Å². The molecule has 1 N–H and O–H groups in total. The largest absolute Gasteiger partial charge is 0.440 e. The molecule has 0 bridgehead atoms. The predicted octanol–water partition coefficient (Wildman–Crippen LogP) is 4.07. The molecule has 27 heavy (non-hydrogen) atoms. The first-order valence-electron chi connectivity index (χ1n) is 9.06. The van der Waals surface area contributed by atoms with Gasteiger partial charge >= 0.3 is 0 Å². The molecule has 0 atom stereocenters. The molecule has 1 amide bonds. The normalized spacial score (nSPS) is 10.8. The molecule has 3 aromatic rings. The fourth-order valence-electron chi connectivity index (χ4n) is 2.79. The molecule has 142 valence electrons. The lowest BCUT2D eigenvalue weighted by Crippen LogP contribution is -2.26. The Balaban J connectivity index is 1.43. The van der Waals surface area contributed by atoms with Gasteiger partial charge in [-0.3, -0.25) is 4.79 Å². The minimum absolute atomic E-state index is 0.0212. The van der Waals surface area contributed by atoms with E-state index in [1.165, 1.54) is 11.3 Å². The number of carbonyl (C=O) groups is 1. The summed E-state index contributed by atoms with van der Waals surface area (Å²) in [7, 11) is 4.06. The summed E-state index contributed by atoms with van der Waals surface area (Å²) in [4.78, 5) is 19.7. The summed E-state index contributed by atoms with van der Waals surface area (Å²) in [5.41, 5.74) is 3.18. The van der Waals surface area contributed by atoms with Crippen molar-refractivity contribution in [3.05, 3.63) is 58.8 Å². The number of rotatable bonds is 8. The summed E-state index contributed by atoms with van der Waals surface area (Å²) < 4.78 is 5.69. The van der Waals surface area contributed by atoms with E-state index < -0.39 is 0 Å². The minimum atomic E-state index is -0.0212. The predicted molar refractivity (Wildman–Crippen MR) is 110 cm³/mol. The Kier molecular flexibility index (Phi) is 6.29. The maximum absolute atomic E-state index is 12.2. The maximum atomic E-state index is 12.2. The molecule has 2 aromatic heterocycles. The number of nitrogens with one attached hydrogen (secondary N) is 1. The zero-order chi connectivity index (χ0) is 19.2. The SMILES string of the molecule is Cc1oc(-c2cccs2)nc1CC(=O)NCCCc1ccc(N(C)C)cc1. The minimum Gasteiger partial charge on any atom is -0.440 e. The van der Waals surface area contributed by atoms with E-state index in [1.54, 1.807) is 11.3 Å². The Hall–Kier alpha value is -2.60. The Labute approximate surface area is 164 Å². The van der Waals surface area contributed by atoms with Crippen LogP contribution in [0.25, 0.3) is 10.8 Å². The number of nitrogens with zero attached hydrogens (tertiary/aromatic N) is 2. The third-order valence-corrected chi connectivity index (χ3v) is 5.23. The molecule has 0 aliphatic heterocycles. The number of carbonyl (C=O) groups excluding carboxylic acids is 1. The lowest BCUT2D eigenvalue weighted by atomic mass is 10.1. The number of anilines is 1. The van der Waals surface area contributed by atoms with Crippen molar-refractivity contribution >= 4 is 22.9 Å². The third kappa shape index (κ3) is 5.20. The molecule has 1 aromatic carbocycles. The lowest BCUT2D eigenvalue weighted by Gasteiger charge is -2.12. The second-order valence-corrected chi connectivity index (χ2v) is 7.64. The average molecular weight is 384 g/mol. The van der Waals surface area contributed by atoms with Crippen LogP contribution in [0.1, 0.15) is 23.4 Å². The lowest BCUT2D eigenvalue weighted by molar-refractivity contribution is -0.120. The summed E-state index contributed by atoms with van der Waals surface area (Å²) in [6.07, 6.45) is 2.10. The molecule has 0 saturated heterocycles. The van der Waals surface area contributed by atoms with Crippen molar-refractivity contribution in [2.24, 2.45) is 0 Å². The van der Waals surface area contributed by atoms with Gasteiger partial charge in [0.25, 0.3) is 0 Å². The van der Waals surface area contributed by atoms with Gasteiger partial charge in [0.1, 0.15) is 5.76 Å². The highest BCUT2D eigenvalue weighted by Gasteiger charge is 2.15. The first-order chi connectivity index (χ1) is 13.0. The van der Waals surface area contributed by atoms with Gasteiger partial charge in [0.2, 0.25) is 11.8 Å². The second kappa shape index (κ2) is 8.86. The summed E-state index contributed by atoms with van der Waals surface area (Å²) in [5.74, 6) is 1.27. The van der Waals surface area contributed by atoms with Crippen molar-refractivity contribution in [2.45, 2.75) is 26.2 Å². The second-order valence-electron chi connectivity index (χ2n) is 6.69. The molecule has 0 saturated carbocycles. The molecule has 3 rings (SSSR count). The van der Waals surface area contributed by atoms with Gasteiger partial charge in [-0.15, -0.1) is 11.3 Å². The van der Waals surface area contributed by atoms with Crippen LogP contribution in [0, 0.1) is 6.92 Å². The zero-order valence-corrected chi connectivity index (χ0v) is 16.8. The van der Waals surface area contributed by atoms with Crippen LogP contribution in [-0.2, 0) is 17.6 Å². The van der Waals surface area contributed by atoms with Crippen LogP contribution < -0.4 is 10.2 Å². The van der Waals surface area contributed by atoms with Gasteiger partial charge in [0.05, 0.1) is 17.0 Å². The van der Waals surface area contributed by atoms with Crippen molar-refractivity contribution in [3.8, 4) is 10.8 Å². The molecule has 0 aliphatic carbocycles. The third-order valence-electron chi connectivity index (χ3n) is 4.37. The van der Waals surface area contributed by atoms with Gasteiger partial charge in [-0.2, -0.15) is 0 Å². The summed E-state index contributed by atoms with van der Waals surface area (Å²) in [6.45, 7) is 2.51. The molecular weight excluding hydrogens is 358 g/mol. The number of aryl methyl sites for hydroxylation is 2. The van der Waals surface area contributed by atoms with Crippen molar-refractivity contribution in [2.75, 3.05) is 25.5 Å². The molecular formula is C21H25N3O2S. The van der Waals surface area contributed by atoms with Gasteiger partial charge in [-0.1, -0.05) is 18.2 Å². The molecule has 0 unspecified atom stereocenters. The van der Waals surface area contributed by atoms with E-state index in [-0.39, 0.29) is 12.3 Å². The quantitative estimate of drug-likeness (QED) is 0.596. The number of amides is 1. The van der Waals surface area contributed by atoms with Crippen LogP contribution in [0.5, 0.6) is 0 Å². The number of hydrogen-bond acceptors (Lipinski definition) is 5. The van der Waals surface area contributed by atoms with Gasteiger partial charge in [-0.25, -0.2) is 4.98 Å². The van der Waals surface area contributed by atoms with Gasteiger partial charge < -0.3 is 14.6 Å². The highest BCUT2D eigenvalue weighted by Crippen LogP contribution is 2.26. The van der Waals surface area contributed by atoms with E-state index in [1.807, 2.05) is 38.5 Å². The summed E-state index contributed by atoms with van der Waals surface area (Å²) in [5, 5.41) is 4.96. The topological polar surface area (TPSA) is 58.4 Å². The average Bonchev–Trinajstić information content (AvgIpc) is 3.29. The maximum Gasteiger partial charge on any atom is 0.236 e. The molecule has 0 aliphatic rings. The first-order valence-corrected chi connectivity index (χ1v) is 9.94. The molecule has 5 nitrogen and oxygen atoms in total. The van der Waals surface area contributed by atoms with E-state index >= 15 is 0 Å². The number of hydrogen-bond donors (Lipinski definition) is 1. The van der Waals surface area contributed by atoms with Gasteiger partial charge in [-0.05, 0) is 48.9 Å². The van der Waals surface area contributed by atoms with E-state index in [0.29, 0.717) is 23.9 Å². The summed E-state index contributed by atoms with van der Waals surface area (Å²) in [6, 6.07) is 12.4. The van der Waals surface area contributed by atoms with Crippen LogP contribution in [-0.4, -0.2) is 31.5 Å². The Bertz CT molecular complexity index is 867. The van der Waals surface area contributed by atoms with Crippen LogP contribution in [0.15, 0.2) is 46.2 Å². The van der Waals surface area contributed by atoms with Crippen molar-refractivity contribution in [1.29, 1.82) is 0 Å². The smallest absolute Gasteiger partial charge is 0.236 e. The summed E-state index contributed by atoms with van der Waals surface area (Å²) >= 11 is 1.57. The Morgan fingerprint density at radius 2 is 2.00 bits per heavy atom. The number of oxazole rings is 1. The molecule has 6 heteroatoms. The van der Waals surface area contributed by atoms with Crippen LogP contribution in [0.2, 0.25) is 0 Å². The van der Waals surface area contributed by atoms with Crippen LogP contribution in [0.4, 0.5) is 5.69 Å². The standard InChI is InChI=1S/C21H25N3O2S/c1-15-18(23-21(26-15)19-7-5-13-27-19)14-20(25)22-12-4-6-16-8-10-17(11-9-16)24(2)3/h5,7-11,13H,4,6,12,14H2,1-3H3,(H,22,25). The molecule has 0 radical (unpaired) electrons. The van der Waals surface area contributed by atoms with Crippen molar-refractivity contribution in [1.82, 2.24) is 10.3 Å². The van der Waals surface area contributed by atoms with Crippen LogP contribution in [0.3, 0.4) is 0 Å². The number of thiophene rings is 1. The Morgan fingerprint density at radius 3 is 2.67 bits per heavy atom. The monoisotopic (exact) mass is 383 g/mol. The van der Waals surface area contributed by atoms with E-state index in [2.05, 4.69) is 39.5 Å². The first kappa shape index (κ1) is 19.2. The molecule has 0 spiro atoms. The zero-order valence-electron chi connectivity index (χ0n) is 16.0. The van der Waals surface area contributed by atoms with Crippen molar-refractivity contribution < 1.29 is 9.21 Å². The van der Waals surface area contributed by atoms with Gasteiger partial charge in [0, 0.05) is 26.3 Å². The highest BCUT2D eigenvalue weighted by molar-refractivity contribution is 7.13. The molecule has 0 fully saturated rings. The number of aromatic nitrogens is 1. The Morgan fingerprint density at radius 1 is 1.22 bits per heavy atom. The van der Waals surface area contributed by atoms with Crippen LogP contribution >= 0.6 is 11.3 Å². The van der Waals surface area contributed by atoms with E-state index in [0.717, 1.165) is 17.7 Å². The highest BCUT2D eigenvalue weighted by atomic mass is 32.1. The van der Waals surface area contributed by atoms with E-state index in [4.69, 9.17) is 4.42 Å². The van der Waals surface area contributed by atoms with E-state index in [9.17, 15) is 4.79 Å². The molecule has 2 heterocycles. The fourth-order valence-corrected chi connectivity index (χ4v) is 3.44. The number of benzene rings is 1.